The number of hydrogen-bond donors (Lipinski definition) is 2. The van der Waals surface area contributed by atoms with E-state index in [1.165, 1.54) is 12.8 Å². The van der Waals surface area contributed by atoms with Crippen LogP contribution in [0.2, 0.25) is 0 Å². The molecule has 1 atom stereocenters. The molecule has 1 heterocycles. The molecule has 13 heavy (non-hydrogen) atoms. The molecule has 0 amide bonds. The molecule has 0 radical (unpaired) electrons. The Morgan fingerprint density at radius 1 is 1.62 bits per heavy atom. The molecule has 1 aromatic heterocycles. The quantitative estimate of drug-likeness (QED) is 0.672. The maximum absolute atomic E-state index is 9.57. The molecule has 0 aliphatic heterocycles. The van der Waals surface area contributed by atoms with Crippen LogP contribution in [0.25, 0.3) is 0 Å². The molecule has 1 aliphatic carbocycles. The van der Waals surface area contributed by atoms with Gasteiger partial charge in [0.05, 0.1) is 12.6 Å². The summed E-state index contributed by atoms with van der Waals surface area (Å²) in [6, 6.07) is 2.52. The highest BCUT2D eigenvalue weighted by Crippen LogP contribution is 2.18. The molecule has 0 bridgehead atoms. The van der Waals surface area contributed by atoms with E-state index >= 15 is 0 Å². The molecule has 72 valence electrons. The van der Waals surface area contributed by atoms with E-state index in [-0.39, 0.29) is 6.10 Å². The summed E-state index contributed by atoms with van der Waals surface area (Å²) in [7, 11) is 0. The highest BCUT2D eigenvalue weighted by Gasteiger charge is 2.21. The van der Waals surface area contributed by atoms with Crippen LogP contribution in [0.15, 0.2) is 18.5 Å². The zero-order valence-electron chi connectivity index (χ0n) is 7.56. The van der Waals surface area contributed by atoms with Crippen molar-refractivity contribution < 1.29 is 5.11 Å². The lowest BCUT2D eigenvalue weighted by Crippen LogP contribution is -2.31. The van der Waals surface area contributed by atoms with Gasteiger partial charge in [-0.25, -0.2) is 0 Å². The van der Waals surface area contributed by atoms with Crippen molar-refractivity contribution in [2.75, 3.05) is 6.54 Å². The summed E-state index contributed by atoms with van der Waals surface area (Å²) in [5.74, 6) is 0. The molecule has 0 spiro atoms. The van der Waals surface area contributed by atoms with Crippen molar-refractivity contribution in [2.45, 2.75) is 31.5 Å². The number of nitrogens with zero attached hydrogens (tertiary/aromatic N) is 2. The third-order valence-electron chi connectivity index (χ3n) is 2.18. The third kappa shape index (κ3) is 2.82. The Balaban J connectivity index is 1.68. The minimum atomic E-state index is -0.333. The third-order valence-corrected chi connectivity index (χ3v) is 2.18. The van der Waals surface area contributed by atoms with Crippen LogP contribution in [0, 0.1) is 0 Å². The van der Waals surface area contributed by atoms with Gasteiger partial charge >= 0.3 is 0 Å². The van der Waals surface area contributed by atoms with Gasteiger partial charge in [-0.3, -0.25) is 4.68 Å². The summed E-state index contributed by atoms with van der Waals surface area (Å²) < 4.78 is 1.75. The molecule has 1 saturated carbocycles. The van der Waals surface area contributed by atoms with E-state index in [1.54, 1.807) is 10.9 Å². The monoisotopic (exact) mass is 181 g/mol. The van der Waals surface area contributed by atoms with Crippen molar-refractivity contribution in [3.63, 3.8) is 0 Å². The Hall–Kier alpha value is -0.870. The molecule has 2 N–H and O–H groups in total. The van der Waals surface area contributed by atoms with E-state index in [2.05, 4.69) is 10.4 Å². The standard InChI is InChI=1S/C9H15N3O/c13-9(6-10-8-2-3-8)7-12-5-1-4-11-12/h1,4-5,8-10,13H,2-3,6-7H2. The molecule has 1 unspecified atom stereocenters. The van der Waals surface area contributed by atoms with Gasteiger partial charge in [0, 0.05) is 25.0 Å². The number of aliphatic hydroxyl groups is 1. The Morgan fingerprint density at radius 2 is 2.46 bits per heavy atom. The minimum absolute atomic E-state index is 0.333. The Bertz CT molecular complexity index is 243. The van der Waals surface area contributed by atoms with Crippen LogP contribution < -0.4 is 5.32 Å². The summed E-state index contributed by atoms with van der Waals surface area (Å²) in [6.45, 7) is 1.25. The first-order chi connectivity index (χ1) is 6.34. The van der Waals surface area contributed by atoms with Gasteiger partial charge in [-0.1, -0.05) is 0 Å². The van der Waals surface area contributed by atoms with Crippen LogP contribution in [0.5, 0.6) is 0 Å². The van der Waals surface area contributed by atoms with Gasteiger partial charge in [-0.05, 0) is 18.9 Å². The van der Waals surface area contributed by atoms with Crippen molar-refractivity contribution in [3.8, 4) is 0 Å². The molecule has 0 saturated heterocycles. The van der Waals surface area contributed by atoms with Gasteiger partial charge in [0.15, 0.2) is 0 Å². The maximum atomic E-state index is 9.57. The van der Waals surface area contributed by atoms with Crippen LogP contribution >= 0.6 is 0 Å². The molecule has 0 aromatic carbocycles. The van der Waals surface area contributed by atoms with Crippen molar-refractivity contribution in [3.05, 3.63) is 18.5 Å². The van der Waals surface area contributed by atoms with Crippen LogP contribution in [0.4, 0.5) is 0 Å². The van der Waals surface area contributed by atoms with Crippen molar-refractivity contribution in [1.29, 1.82) is 0 Å². The highest BCUT2D eigenvalue weighted by atomic mass is 16.3. The summed E-state index contributed by atoms with van der Waals surface area (Å²) in [4.78, 5) is 0. The molecule has 1 aliphatic rings. The minimum Gasteiger partial charge on any atom is -0.390 e. The number of rotatable bonds is 5. The number of aromatic nitrogens is 2. The van der Waals surface area contributed by atoms with E-state index in [9.17, 15) is 5.11 Å². The van der Waals surface area contributed by atoms with E-state index in [4.69, 9.17) is 0 Å². The molecule has 1 fully saturated rings. The predicted molar refractivity (Wildman–Crippen MR) is 49.3 cm³/mol. The molecule has 1 aromatic rings. The fourth-order valence-corrected chi connectivity index (χ4v) is 1.28. The second kappa shape index (κ2) is 3.89. The summed E-state index contributed by atoms with van der Waals surface area (Å²) >= 11 is 0. The van der Waals surface area contributed by atoms with Gasteiger partial charge in [0.2, 0.25) is 0 Å². The van der Waals surface area contributed by atoms with Crippen LogP contribution in [-0.2, 0) is 6.54 Å². The van der Waals surface area contributed by atoms with E-state index in [0.717, 1.165) is 0 Å². The zero-order valence-corrected chi connectivity index (χ0v) is 7.56. The fraction of sp³-hybridized carbons (Fsp3) is 0.667. The first-order valence-electron chi connectivity index (χ1n) is 4.73. The first kappa shape index (κ1) is 8.72. The molecule has 2 rings (SSSR count). The average molecular weight is 181 g/mol. The first-order valence-corrected chi connectivity index (χ1v) is 4.73. The van der Waals surface area contributed by atoms with Crippen LogP contribution in [0.3, 0.4) is 0 Å². The van der Waals surface area contributed by atoms with E-state index in [0.29, 0.717) is 19.1 Å². The lowest BCUT2D eigenvalue weighted by atomic mass is 10.3. The molecular weight excluding hydrogens is 166 g/mol. The zero-order chi connectivity index (χ0) is 9.10. The van der Waals surface area contributed by atoms with Gasteiger partial charge in [-0.2, -0.15) is 5.10 Å². The maximum Gasteiger partial charge on any atom is 0.0860 e. The smallest absolute Gasteiger partial charge is 0.0860 e. The van der Waals surface area contributed by atoms with Crippen LogP contribution in [-0.4, -0.2) is 33.6 Å². The van der Waals surface area contributed by atoms with Crippen molar-refractivity contribution >= 4 is 0 Å². The second-order valence-electron chi connectivity index (χ2n) is 3.56. The van der Waals surface area contributed by atoms with Gasteiger partial charge in [-0.15, -0.1) is 0 Å². The Morgan fingerprint density at radius 3 is 3.08 bits per heavy atom. The lowest BCUT2D eigenvalue weighted by Gasteiger charge is -2.10. The van der Waals surface area contributed by atoms with Crippen molar-refractivity contribution in [2.24, 2.45) is 0 Å². The van der Waals surface area contributed by atoms with Crippen molar-refractivity contribution in [1.82, 2.24) is 15.1 Å². The van der Waals surface area contributed by atoms with Gasteiger partial charge in [0.25, 0.3) is 0 Å². The number of hydrogen-bond acceptors (Lipinski definition) is 3. The van der Waals surface area contributed by atoms with E-state index < -0.39 is 0 Å². The summed E-state index contributed by atoms with van der Waals surface area (Å²) in [5, 5.41) is 16.9. The molecule has 4 nitrogen and oxygen atoms in total. The number of nitrogens with one attached hydrogen (secondary N) is 1. The van der Waals surface area contributed by atoms with Crippen LogP contribution in [0.1, 0.15) is 12.8 Å². The lowest BCUT2D eigenvalue weighted by molar-refractivity contribution is 0.146. The Kier molecular flexibility index (Phi) is 2.61. The molecule has 4 heteroatoms. The SMILES string of the molecule is OC(CNC1CC1)Cn1cccn1. The van der Waals surface area contributed by atoms with Gasteiger partial charge < -0.3 is 10.4 Å². The summed E-state index contributed by atoms with van der Waals surface area (Å²) in [5.41, 5.74) is 0. The fourth-order valence-electron chi connectivity index (χ4n) is 1.28. The van der Waals surface area contributed by atoms with Gasteiger partial charge in [0.1, 0.15) is 0 Å². The predicted octanol–water partition coefficient (Wildman–Crippen LogP) is -0.00400. The summed E-state index contributed by atoms with van der Waals surface area (Å²) in [6.07, 6.45) is 5.77. The number of aliphatic hydroxyl groups excluding tert-OH is 1. The largest absolute Gasteiger partial charge is 0.390 e. The normalized spacial score (nSPS) is 18.8. The second-order valence-corrected chi connectivity index (χ2v) is 3.56. The Labute approximate surface area is 77.6 Å². The van der Waals surface area contributed by atoms with E-state index in [1.807, 2.05) is 12.3 Å². The highest BCUT2D eigenvalue weighted by molar-refractivity contribution is 4.82. The average Bonchev–Trinajstić information content (AvgIpc) is 2.82. The topological polar surface area (TPSA) is 50.1 Å². The molecular formula is C9H15N3O.